The molecule has 0 atom stereocenters. The van der Waals surface area contributed by atoms with Crippen LogP contribution >= 0.6 is 0 Å². The minimum absolute atomic E-state index is 0.0395. The Labute approximate surface area is 173 Å². The summed E-state index contributed by atoms with van der Waals surface area (Å²) in [5, 5.41) is 0. The van der Waals surface area contributed by atoms with Gasteiger partial charge in [-0.15, -0.1) is 0 Å². The third-order valence-electron chi connectivity index (χ3n) is 5.42. The van der Waals surface area contributed by atoms with Crippen LogP contribution in [0, 0.1) is 0 Å². The zero-order valence-electron chi connectivity index (χ0n) is 17.7. The van der Waals surface area contributed by atoms with Crippen LogP contribution in [0.4, 0.5) is 8.78 Å². The molecule has 0 saturated carbocycles. The van der Waals surface area contributed by atoms with E-state index in [1.807, 2.05) is 30.3 Å². The van der Waals surface area contributed by atoms with Crippen molar-refractivity contribution >= 4 is 24.3 Å². The average molecular weight is 501 g/mol. The molecule has 0 heterocycles. The van der Waals surface area contributed by atoms with Crippen molar-refractivity contribution in [3.8, 4) is 0 Å². The van der Waals surface area contributed by atoms with E-state index >= 15 is 0 Å². The first-order valence-electron chi connectivity index (χ1n) is 10.7. The summed E-state index contributed by atoms with van der Waals surface area (Å²) < 4.78 is 36.4. The van der Waals surface area contributed by atoms with Gasteiger partial charge in [0.05, 0.1) is 0 Å². The molecular formula is C23H36F2O2Sn. The van der Waals surface area contributed by atoms with Gasteiger partial charge in [-0.3, -0.25) is 0 Å². The number of esters is 1. The Morgan fingerprint density at radius 1 is 0.893 bits per heavy atom. The first-order chi connectivity index (χ1) is 13.5. The van der Waals surface area contributed by atoms with E-state index in [4.69, 9.17) is 4.74 Å². The molecule has 0 amide bonds. The molecule has 0 saturated heterocycles. The first kappa shape index (κ1) is 25.1. The summed E-state index contributed by atoms with van der Waals surface area (Å²) in [6.07, 6.45) is 4.65. The fraction of sp³-hybridized carbons (Fsp3) is 0.609. The van der Waals surface area contributed by atoms with Gasteiger partial charge in [-0.05, 0) is 0 Å². The number of ether oxygens (including phenoxy) is 1. The molecule has 5 heteroatoms. The number of hydrogen-bond acceptors (Lipinski definition) is 2. The molecule has 2 nitrogen and oxygen atoms in total. The zero-order chi connectivity index (χ0) is 20.8. The van der Waals surface area contributed by atoms with Gasteiger partial charge in [0.2, 0.25) is 0 Å². The van der Waals surface area contributed by atoms with E-state index in [9.17, 15) is 13.6 Å². The molecule has 0 N–H and O–H groups in total. The third kappa shape index (κ3) is 9.06. The standard InChI is InChI=1S/C11H9F2O2.3C4H9.Sn/c1-8(10(12)13)11(14)15-7-9-5-3-2-4-6-9;3*1-3-4-2;/h2-6H,1,7H2;3*1,3-4H2,2H3;. The first-order valence-corrected chi connectivity index (χ1v) is 18.8. The van der Waals surface area contributed by atoms with Crippen molar-refractivity contribution in [3.63, 3.8) is 0 Å². The van der Waals surface area contributed by atoms with Crippen LogP contribution < -0.4 is 0 Å². The second-order valence-electron chi connectivity index (χ2n) is 7.79. The number of rotatable bonds is 14. The number of hydrogen-bond donors (Lipinski definition) is 0. The summed E-state index contributed by atoms with van der Waals surface area (Å²) in [6.45, 7) is 6.49. The average Bonchev–Trinajstić information content (AvgIpc) is 2.71. The molecule has 0 spiro atoms. The molecule has 1 aromatic rings. The Bertz CT molecular complexity index is 576. The molecule has 0 aliphatic carbocycles. The van der Waals surface area contributed by atoms with Crippen molar-refractivity contribution in [2.75, 3.05) is 0 Å². The van der Waals surface area contributed by atoms with Crippen LogP contribution in [0.5, 0.6) is 0 Å². The molecule has 0 fully saturated rings. The van der Waals surface area contributed by atoms with Crippen molar-refractivity contribution in [2.45, 2.75) is 83.6 Å². The van der Waals surface area contributed by atoms with Crippen molar-refractivity contribution in [1.82, 2.24) is 0 Å². The fourth-order valence-electron chi connectivity index (χ4n) is 3.70. The summed E-state index contributed by atoms with van der Waals surface area (Å²) in [5.41, 5.74) is 0.474. The molecule has 1 aromatic carbocycles. The van der Waals surface area contributed by atoms with Crippen LogP contribution in [-0.4, -0.2) is 24.3 Å². The van der Waals surface area contributed by atoms with Gasteiger partial charge in [-0.1, -0.05) is 0 Å². The van der Waals surface area contributed by atoms with Crippen LogP contribution in [0.3, 0.4) is 0 Å². The second-order valence-corrected chi connectivity index (χ2v) is 21.6. The van der Waals surface area contributed by atoms with Crippen molar-refractivity contribution < 1.29 is 18.3 Å². The predicted octanol–water partition coefficient (Wildman–Crippen LogP) is 7.73. The van der Waals surface area contributed by atoms with Gasteiger partial charge in [0.25, 0.3) is 0 Å². The van der Waals surface area contributed by atoms with Crippen LogP contribution in [0.15, 0.2) is 42.0 Å². The summed E-state index contributed by atoms with van der Waals surface area (Å²) in [5.74, 6) is -0.825. The normalized spacial score (nSPS) is 11.3. The number of benzene rings is 1. The molecular weight excluding hydrogens is 465 g/mol. The Morgan fingerprint density at radius 3 is 1.82 bits per heavy atom. The number of carbonyl (C=O) groups excluding carboxylic acids is 1. The van der Waals surface area contributed by atoms with Crippen molar-refractivity contribution in [1.29, 1.82) is 0 Å². The van der Waals surface area contributed by atoms with E-state index in [-0.39, 0.29) is 12.2 Å². The molecule has 0 aliphatic heterocycles. The van der Waals surface area contributed by atoms with E-state index in [1.165, 1.54) is 0 Å². The van der Waals surface area contributed by atoms with E-state index < -0.39 is 30.4 Å². The Kier molecular flexibility index (Phi) is 12.7. The van der Waals surface area contributed by atoms with Crippen LogP contribution in [0.2, 0.25) is 17.7 Å². The predicted molar refractivity (Wildman–Crippen MR) is 115 cm³/mol. The monoisotopic (exact) mass is 502 g/mol. The topological polar surface area (TPSA) is 26.3 Å². The molecule has 0 aliphatic rings. The van der Waals surface area contributed by atoms with Crippen molar-refractivity contribution in [3.05, 3.63) is 47.5 Å². The van der Waals surface area contributed by atoms with Gasteiger partial charge in [0.1, 0.15) is 0 Å². The van der Waals surface area contributed by atoms with Crippen molar-refractivity contribution in [2.24, 2.45) is 0 Å². The Hall–Kier alpha value is -0.911. The quantitative estimate of drug-likeness (QED) is 0.148. The second kappa shape index (κ2) is 14.1. The maximum atomic E-state index is 13.8. The van der Waals surface area contributed by atoms with Gasteiger partial charge in [0.15, 0.2) is 0 Å². The summed E-state index contributed by atoms with van der Waals surface area (Å²) in [7, 11) is 0. The van der Waals surface area contributed by atoms with Crippen LogP contribution in [0.1, 0.15) is 64.9 Å². The molecule has 158 valence electrons. The van der Waals surface area contributed by atoms with E-state index in [1.54, 1.807) is 0 Å². The van der Waals surface area contributed by atoms with Gasteiger partial charge in [0, 0.05) is 0 Å². The van der Waals surface area contributed by atoms with E-state index in [0.717, 1.165) is 57.4 Å². The Morgan fingerprint density at radius 2 is 1.39 bits per heavy atom. The van der Waals surface area contributed by atoms with Gasteiger partial charge < -0.3 is 0 Å². The maximum absolute atomic E-state index is 13.8. The summed E-state index contributed by atoms with van der Waals surface area (Å²) in [6, 6.07) is 9.22. The van der Waals surface area contributed by atoms with E-state index in [0.29, 0.717) is 4.44 Å². The minimum atomic E-state index is -2.89. The fourth-order valence-corrected chi connectivity index (χ4v) is 19.7. The van der Waals surface area contributed by atoms with Crippen LogP contribution in [-0.2, 0) is 16.1 Å². The third-order valence-corrected chi connectivity index (χ3v) is 20.7. The van der Waals surface area contributed by atoms with Crippen LogP contribution in [0.25, 0.3) is 0 Å². The zero-order valence-corrected chi connectivity index (χ0v) is 20.6. The number of unbranched alkanes of at least 4 members (excludes halogenated alkanes) is 3. The Balaban J connectivity index is 2.96. The molecule has 0 unspecified atom stereocenters. The SMILES string of the molecule is CCC[CH2][Sn]([CH2]CCC)([CH2]CCC)[CH2]C(C(=O)OCc1ccccc1)=C(F)F. The molecule has 28 heavy (non-hydrogen) atoms. The van der Waals surface area contributed by atoms with E-state index in [2.05, 4.69) is 20.8 Å². The molecule has 0 radical (unpaired) electrons. The van der Waals surface area contributed by atoms with Gasteiger partial charge in [-0.25, -0.2) is 0 Å². The summed E-state index contributed by atoms with van der Waals surface area (Å²) >= 11 is -2.89. The number of halogens is 2. The van der Waals surface area contributed by atoms with Gasteiger partial charge in [-0.2, -0.15) is 0 Å². The molecule has 0 bridgehead atoms. The molecule has 0 aromatic heterocycles. The molecule has 1 rings (SSSR count). The number of carbonyl (C=O) groups is 1. The summed E-state index contributed by atoms with van der Waals surface area (Å²) in [4.78, 5) is 12.5. The van der Waals surface area contributed by atoms with Gasteiger partial charge >= 0.3 is 174 Å².